The quantitative estimate of drug-likeness (QED) is 0.287. The molecule has 1 saturated carbocycles. The maximum Gasteiger partial charge on any atom is 0.410 e. The largest absolute Gasteiger partial charge is 0.468 e. The van der Waals surface area contributed by atoms with Crippen molar-refractivity contribution >= 4 is 22.8 Å². The molecule has 2 bridgehead atoms. The molecule has 2 unspecified atom stereocenters. The van der Waals surface area contributed by atoms with Crippen LogP contribution in [0, 0.1) is 11.6 Å². The number of carbonyl (C=O) groups excluding carboxylic acids is 1. The zero-order chi connectivity index (χ0) is 31.7. The molecule has 2 aliphatic carbocycles. The smallest absolute Gasteiger partial charge is 0.410 e. The third-order valence-corrected chi connectivity index (χ3v) is 9.93. The van der Waals surface area contributed by atoms with E-state index in [0.717, 1.165) is 56.1 Å². The Balaban J connectivity index is 1.32. The van der Waals surface area contributed by atoms with Crippen LogP contribution in [0.4, 0.5) is 19.4 Å². The number of nitrogens with zero attached hydrogens (tertiary/aromatic N) is 4. The molecule has 1 spiro atoms. The van der Waals surface area contributed by atoms with Crippen molar-refractivity contribution in [1.29, 1.82) is 0 Å². The summed E-state index contributed by atoms with van der Waals surface area (Å²) >= 11 is 0. The SMILES string of the molecule is COCOc1cc2c(c(-c3c(F)cc4c(N5CC6CCC(C5)N6C(=O)OC(C)(C)C)nc(OC)nc4c3F)c1)C1(CCC1)CC2. The van der Waals surface area contributed by atoms with E-state index in [4.69, 9.17) is 18.9 Å². The van der Waals surface area contributed by atoms with Gasteiger partial charge in [-0.25, -0.2) is 13.6 Å². The number of rotatable bonds is 6. The maximum atomic E-state index is 16.9. The van der Waals surface area contributed by atoms with Gasteiger partial charge in [-0.05, 0) is 99.6 Å². The molecule has 7 rings (SSSR count). The Labute approximate surface area is 261 Å². The first kappa shape index (κ1) is 30.0. The van der Waals surface area contributed by atoms with Gasteiger partial charge in [0, 0.05) is 25.6 Å². The Hall–Kier alpha value is -3.73. The number of hydrogen-bond donors (Lipinski definition) is 0. The maximum absolute atomic E-state index is 16.9. The molecule has 1 amide bonds. The number of hydrogen-bond acceptors (Lipinski definition) is 8. The van der Waals surface area contributed by atoms with Gasteiger partial charge < -0.3 is 23.8 Å². The van der Waals surface area contributed by atoms with E-state index in [1.807, 2.05) is 36.6 Å². The minimum atomic E-state index is -0.755. The fraction of sp³-hybridized carbons (Fsp3) is 0.559. The summed E-state index contributed by atoms with van der Waals surface area (Å²) in [6.45, 7) is 6.48. The Bertz CT molecular complexity index is 1660. The predicted molar refractivity (Wildman–Crippen MR) is 165 cm³/mol. The number of benzene rings is 2. The van der Waals surface area contributed by atoms with Gasteiger partial charge in [0.2, 0.25) is 0 Å². The molecule has 3 fully saturated rings. The zero-order valence-corrected chi connectivity index (χ0v) is 26.5. The average Bonchev–Trinajstić information content (AvgIpc) is 3.50. The highest BCUT2D eigenvalue weighted by atomic mass is 19.1. The Morgan fingerprint density at radius 3 is 2.40 bits per heavy atom. The van der Waals surface area contributed by atoms with Gasteiger partial charge in [-0.3, -0.25) is 4.90 Å². The van der Waals surface area contributed by atoms with Gasteiger partial charge in [0.05, 0.1) is 24.8 Å². The van der Waals surface area contributed by atoms with Crippen LogP contribution in [0.5, 0.6) is 11.8 Å². The first-order valence-corrected chi connectivity index (χ1v) is 15.8. The molecule has 3 aromatic rings. The van der Waals surface area contributed by atoms with Gasteiger partial charge in [-0.2, -0.15) is 9.97 Å². The Morgan fingerprint density at radius 2 is 1.78 bits per heavy atom. The monoisotopic (exact) mass is 622 g/mol. The van der Waals surface area contributed by atoms with Gasteiger partial charge in [0.1, 0.15) is 28.5 Å². The van der Waals surface area contributed by atoms with Crippen LogP contribution in [0.2, 0.25) is 0 Å². The van der Waals surface area contributed by atoms with Crippen molar-refractivity contribution in [2.24, 2.45) is 0 Å². The Morgan fingerprint density at radius 1 is 1.04 bits per heavy atom. The van der Waals surface area contributed by atoms with Crippen LogP contribution in [-0.2, 0) is 21.3 Å². The summed E-state index contributed by atoms with van der Waals surface area (Å²) in [5.74, 6) is -0.535. The normalized spacial score (nSPS) is 21.7. The number of halogens is 2. The van der Waals surface area contributed by atoms with Crippen LogP contribution in [0.1, 0.15) is 70.4 Å². The lowest BCUT2D eigenvalue weighted by Gasteiger charge is -2.42. The number of fused-ring (bicyclic) bond motifs is 5. The molecule has 9 nitrogen and oxygen atoms in total. The van der Waals surface area contributed by atoms with Crippen molar-refractivity contribution in [3.63, 3.8) is 0 Å². The number of aromatic nitrogens is 2. The number of methoxy groups -OCH3 is 2. The summed E-state index contributed by atoms with van der Waals surface area (Å²) in [5, 5.41) is 0.265. The fourth-order valence-electron chi connectivity index (χ4n) is 7.93. The molecule has 1 aromatic heterocycles. The van der Waals surface area contributed by atoms with Crippen LogP contribution >= 0.6 is 0 Å². The van der Waals surface area contributed by atoms with Crippen molar-refractivity contribution in [2.75, 3.05) is 39.0 Å². The zero-order valence-electron chi connectivity index (χ0n) is 26.5. The van der Waals surface area contributed by atoms with Gasteiger partial charge in [-0.1, -0.05) is 6.42 Å². The van der Waals surface area contributed by atoms with Crippen molar-refractivity contribution in [3.8, 4) is 22.9 Å². The molecule has 0 N–H and O–H groups in total. The summed E-state index contributed by atoms with van der Waals surface area (Å²) in [5.41, 5.74) is 1.80. The topological polar surface area (TPSA) is 86.3 Å². The van der Waals surface area contributed by atoms with Gasteiger partial charge in [0.15, 0.2) is 12.6 Å². The molecule has 2 aliphatic heterocycles. The highest BCUT2D eigenvalue weighted by Gasteiger charge is 2.47. The van der Waals surface area contributed by atoms with Crippen molar-refractivity contribution in [2.45, 2.75) is 88.8 Å². The third-order valence-electron chi connectivity index (χ3n) is 9.93. The van der Waals surface area contributed by atoms with Gasteiger partial charge >= 0.3 is 12.1 Å². The third kappa shape index (κ3) is 5.03. The number of anilines is 1. The van der Waals surface area contributed by atoms with Crippen LogP contribution in [0.25, 0.3) is 22.0 Å². The van der Waals surface area contributed by atoms with Gasteiger partial charge in [0.25, 0.3) is 0 Å². The molecule has 2 saturated heterocycles. The van der Waals surface area contributed by atoms with E-state index in [-0.39, 0.29) is 52.9 Å². The summed E-state index contributed by atoms with van der Waals surface area (Å²) in [6, 6.07) is 4.84. The second kappa shape index (κ2) is 11.0. The molecular formula is C34H40F2N4O5. The lowest BCUT2D eigenvalue weighted by molar-refractivity contribution is 0.0122. The molecule has 2 atom stereocenters. The van der Waals surface area contributed by atoms with Crippen LogP contribution in [0.15, 0.2) is 18.2 Å². The molecule has 3 heterocycles. The van der Waals surface area contributed by atoms with E-state index in [0.29, 0.717) is 30.2 Å². The van der Waals surface area contributed by atoms with E-state index in [2.05, 4.69) is 9.97 Å². The van der Waals surface area contributed by atoms with Gasteiger partial charge in [-0.15, -0.1) is 0 Å². The molecule has 0 radical (unpaired) electrons. The Kier molecular flexibility index (Phi) is 7.30. The summed E-state index contributed by atoms with van der Waals surface area (Å²) in [6.07, 6.45) is 6.16. The first-order chi connectivity index (χ1) is 21.5. The van der Waals surface area contributed by atoms with Crippen LogP contribution in [-0.4, -0.2) is 72.7 Å². The summed E-state index contributed by atoms with van der Waals surface area (Å²) < 4.78 is 55.3. The fourth-order valence-corrected chi connectivity index (χ4v) is 7.93. The molecule has 45 heavy (non-hydrogen) atoms. The summed E-state index contributed by atoms with van der Waals surface area (Å²) in [7, 11) is 2.97. The van der Waals surface area contributed by atoms with E-state index >= 15 is 8.78 Å². The summed E-state index contributed by atoms with van der Waals surface area (Å²) in [4.78, 5) is 25.9. The van der Waals surface area contributed by atoms with E-state index in [1.165, 1.54) is 20.3 Å². The molecule has 4 aliphatic rings. The lowest BCUT2D eigenvalue weighted by Crippen LogP contribution is -2.57. The first-order valence-electron chi connectivity index (χ1n) is 15.8. The average molecular weight is 623 g/mol. The standard InChI is InChI=1S/C34H40F2N4O5/c1-33(2,3)45-32(41)40-20-7-8-21(40)17-39(16-20)30-24-15-25(35)26(28(36)29(24)37-31(38-30)43-5)23-14-22(44-18-42-4)13-19-9-12-34(27(19)23)10-6-11-34/h13-15,20-21H,6-12,16-18H2,1-5H3. The number of amides is 1. The number of piperazine rings is 1. The highest BCUT2D eigenvalue weighted by Crippen LogP contribution is 2.57. The highest BCUT2D eigenvalue weighted by molar-refractivity contribution is 5.94. The van der Waals surface area contributed by atoms with E-state index < -0.39 is 17.2 Å². The minimum absolute atomic E-state index is 0.00579. The number of ether oxygens (including phenoxy) is 4. The minimum Gasteiger partial charge on any atom is -0.468 e. The second-order valence-electron chi connectivity index (χ2n) is 13.8. The molecular weight excluding hydrogens is 582 g/mol. The lowest BCUT2D eigenvalue weighted by atomic mass is 9.63. The molecule has 240 valence electrons. The molecule has 2 aromatic carbocycles. The molecule has 11 heteroatoms. The second-order valence-corrected chi connectivity index (χ2v) is 13.8. The number of carbonyl (C=O) groups is 1. The van der Waals surface area contributed by atoms with Crippen LogP contribution < -0.4 is 14.4 Å². The predicted octanol–water partition coefficient (Wildman–Crippen LogP) is 6.52. The van der Waals surface area contributed by atoms with Crippen molar-refractivity contribution in [3.05, 3.63) is 41.0 Å². The van der Waals surface area contributed by atoms with Crippen LogP contribution in [0.3, 0.4) is 0 Å². The van der Waals surface area contributed by atoms with Crippen molar-refractivity contribution < 1.29 is 32.5 Å². The number of aryl methyl sites for hydroxylation is 1. The van der Waals surface area contributed by atoms with E-state index in [9.17, 15) is 4.79 Å². The van der Waals surface area contributed by atoms with Crippen molar-refractivity contribution in [1.82, 2.24) is 14.9 Å². The van der Waals surface area contributed by atoms with E-state index in [1.54, 1.807) is 6.07 Å².